The Morgan fingerprint density at radius 2 is 0.267 bits per heavy atom. The molecule has 15 heavy (non-hydrogen) atoms. The Morgan fingerprint density at radius 1 is 0.267 bits per heavy atom. The van der Waals surface area contributed by atoms with Gasteiger partial charge < -0.3 is 49.3 Å². The minimum Gasteiger partial charge on any atom is -2.00 e. The zero-order chi connectivity index (χ0) is 0. The molecule has 0 fully saturated rings. The molecule has 0 saturated carbocycles. The van der Waals surface area contributed by atoms with Gasteiger partial charge >= 0.3 is 234 Å². The van der Waals surface area contributed by atoms with Crippen molar-refractivity contribution >= 4 is 97.8 Å². The van der Waals surface area contributed by atoms with Gasteiger partial charge in [-0.1, -0.05) is 0 Å². The van der Waals surface area contributed by atoms with Crippen LogP contribution in [0.5, 0.6) is 0 Å². The van der Waals surface area contributed by atoms with E-state index >= 15 is 0 Å². The van der Waals surface area contributed by atoms with E-state index in [0.29, 0.717) is 0 Å². The molecule has 0 aromatic heterocycles. The smallest absolute Gasteiger partial charge is 2.00 e. The third kappa shape index (κ3) is 149. The van der Waals surface area contributed by atoms with Crippen LogP contribution in [0.25, 0.3) is 0 Å². The average molecular weight is 881 g/mol. The summed E-state index contributed by atoms with van der Waals surface area (Å²) in [7, 11) is 0. The Morgan fingerprint density at radius 3 is 0.267 bits per heavy atom. The molecule has 0 spiro atoms. The van der Waals surface area contributed by atoms with E-state index < -0.39 is 0 Å². The monoisotopic (exact) mass is 879 g/mol. The zero-order valence-electron chi connectivity index (χ0n) is 7.09. The number of hydrogen-bond acceptors (Lipinski definition) is 0. The van der Waals surface area contributed by atoms with Crippen molar-refractivity contribution in [2.45, 2.75) is 0 Å². The van der Waals surface area contributed by atoms with E-state index in [1.165, 1.54) is 0 Å². The topological polar surface area (TPSA) is 256 Å². The summed E-state index contributed by atoms with van der Waals surface area (Å²) in [5.74, 6) is 0. The van der Waals surface area contributed by atoms with E-state index in [1.807, 2.05) is 0 Å². The van der Waals surface area contributed by atoms with Crippen LogP contribution in [-0.2, 0) is 102 Å². The normalized spacial score (nSPS) is 0. The summed E-state index contributed by atoms with van der Waals surface area (Å²) < 4.78 is 0. The van der Waals surface area contributed by atoms with Crippen LogP contribution in [0.4, 0.5) is 0 Å². The van der Waals surface area contributed by atoms with E-state index in [9.17, 15) is 0 Å². The second-order valence-corrected chi connectivity index (χ2v) is 0. The molecular weight excluding hydrogens is 881 g/mol. The molecule has 0 aliphatic heterocycles. The fourth-order valence-electron chi connectivity index (χ4n) is 0. The summed E-state index contributed by atoms with van der Waals surface area (Å²) in [6, 6.07) is 0. The summed E-state index contributed by atoms with van der Waals surface area (Å²) in [5, 5.41) is 0. The Labute approximate surface area is 274 Å². The van der Waals surface area contributed by atoms with E-state index in [-0.39, 0.29) is 283 Å². The van der Waals surface area contributed by atoms with Gasteiger partial charge in [-0.15, -0.1) is 0 Å². The van der Waals surface area contributed by atoms with E-state index in [1.54, 1.807) is 0 Å². The molecule has 0 atom stereocenters. The van der Waals surface area contributed by atoms with Crippen molar-refractivity contribution in [3.63, 3.8) is 0 Å². The van der Waals surface area contributed by atoms with Crippen molar-refractivity contribution in [2.75, 3.05) is 0 Å². The van der Waals surface area contributed by atoms with Crippen molar-refractivity contribution in [2.24, 2.45) is 0 Å². The van der Waals surface area contributed by atoms with E-state index in [4.69, 9.17) is 0 Å². The van der Waals surface area contributed by atoms with E-state index in [0.717, 1.165) is 0 Å². The third-order valence-electron chi connectivity index (χ3n) is 0. The molecule has 0 aliphatic rings. The Balaban J connectivity index is 0. The summed E-state index contributed by atoms with van der Waals surface area (Å²) in [4.78, 5) is 0. The largest absolute Gasteiger partial charge is 4.00 e. The van der Waals surface area contributed by atoms with Crippen molar-refractivity contribution in [1.82, 2.24) is 0 Å². The van der Waals surface area contributed by atoms with Gasteiger partial charge in [0.1, 0.15) is 0 Å². The van der Waals surface area contributed by atoms with Crippen molar-refractivity contribution in [1.29, 1.82) is 0 Å². The second-order valence-electron chi connectivity index (χ2n) is 0. The van der Waals surface area contributed by atoms with Crippen LogP contribution in [0, 0.1) is 83.5 Å². The van der Waals surface area contributed by atoms with Crippen molar-refractivity contribution in [3.05, 3.63) is 0 Å². The number of hydrogen-bond donors (Lipinski definition) is 0. The molecule has 2 radical (unpaired) electrons. The predicted molar refractivity (Wildman–Crippen MR) is 17.7 cm³/mol. The van der Waals surface area contributed by atoms with Crippen molar-refractivity contribution < 1.29 is 185 Å². The van der Waals surface area contributed by atoms with Crippen LogP contribution in [-0.4, -0.2) is 97.8 Å². The number of rotatable bonds is 0. The molecule has 0 amide bonds. The van der Waals surface area contributed by atoms with E-state index in [2.05, 4.69) is 0 Å². The van der Waals surface area contributed by atoms with Crippen LogP contribution < -0.4 is 0 Å². The molecule has 0 N–H and O–H groups in total. The van der Waals surface area contributed by atoms with Gasteiger partial charge in [-0.05, 0) is 0 Å². The molecular formula is Ba2Ce2O9Zr2. The molecule has 0 aliphatic carbocycles. The van der Waals surface area contributed by atoms with Gasteiger partial charge in [0, 0.05) is 0 Å². The van der Waals surface area contributed by atoms with Crippen LogP contribution >= 0.6 is 0 Å². The fraction of sp³-hybridized carbons (Fsp3) is 0. The molecule has 0 unspecified atom stereocenters. The molecule has 0 heterocycles. The van der Waals surface area contributed by atoms with Gasteiger partial charge in [-0.2, -0.15) is 0 Å². The first-order chi connectivity index (χ1) is 0. The molecule has 0 rings (SSSR count). The maximum atomic E-state index is 0. The SMILES string of the molecule is [Ba+2].[Ba+2].[Ce+3].[Ce+3].[O-2].[O-2].[O-2].[O-2].[O-2].[O-2].[O-2].[O-2].[O-2].[Zr+4].[Zr+4]. The minimum atomic E-state index is 0. The third-order valence-corrected chi connectivity index (χ3v) is 0. The van der Waals surface area contributed by atoms with Crippen LogP contribution in [0.15, 0.2) is 0 Å². The summed E-state index contributed by atoms with van der Waals surface area (Å²) in [5.41, 5.74) is 0. The molecule has 0 aromatic carbocycles. The second kappa shape index (κ2) is 165. The van der Waals surface area contributed by atoms with Crippen LogP contribution in [0.3, 0.4) is 0 Å². The van der Waals surface area contributed by atoms with Gasteiger partial charge in [-0.25, -0.2) is 0 Å². The molecule has 0 bridgehead atoms. The fourth-order valence-corrected chi connectivity index (χ4v) is 0. The Hall–Kier alpha value is 7.30. The summed E-state index contributed by atoms with van der Waals surface area (Å²) >= 11 is 0. The Bertz CT molecular complexity index is 24.1. The summed E-state index contributed by atoms with van der Waals surface area (Å²) in [6.45, 7) is 0. The van der Waals surface area contributed by atoms with Gasteiger partial charge in [0.15, 0.2) is 0 Å². The maximum Gasteiger partial charge on any atom is 4.00 e. The average Bonchev–Trinajstić information content (AvgIpc) is 0. The minimum absolute atomic E-state index is 0. The van der Waals surface area contributed by atoms with Crippen molar-refractivity contribution in [3.8, 4) is 0 Å². The standard InChI is InChI=1S/2Ba.2Ce.9O.2Zr/q2*+2;2*+3;9*-2;2*+4. The predicted octanol–water partition coefficient (Wildman–Crippen LogP) is -1.84. The molecule has 0 aromatic rings. The van der Waals surface area contributed by atoms with Gasteiger partial charge in [0.2, 0.25) is 0 Å². The Kier molecular flexibility index (Phi) is 2080. The first kappa shape index (κ1) is 190. The van der Waals surface area contributed by atoms with Gasteiger partial charge in [-0.3, -0.25) is 0 Å². The van der Waals surface area contributed by atoms with Crippen LogP contribution in [0.1, 0.15) is 0 Å². The summed E-state index contributed by atoms with van der Waals surface area (Å²) in [6.07, 6.45) is 0. The molecule has 9 nitrogen and oxygen atoms in total. The van der Waals surface area contributed by atoms with Gasteiger partial charge in [0.25, 0.3) is 0 Å². The molecule has 74 valence electrons. The molecule has 15 heteroatoms. The molecule has 0 saturated heterocycles. The first-order valence-corrected chi connectivity index (χ1v) is 0. The first-order valence-electron chi connectivity index (χ1n) is 0. The maximum absolute atomic E-state index is 0. The van der Waals surface area contributed by atoms with Crippen LogP contribution in [0.2, 0.25) is 0 Å². The quantitative estimate of drug-likeness (QED) is 0.244. The van der Waals surface area contributed by atoms with Gasteiger partial charge in [0.05, 0.1) is 0 Å². The zero-order valence-corrected chi connectivity index (χ0v) is 27.2.